The van der Waals surface area contributed by atoms with Crippen LogP contribution in [0.25, 0.3) is 0 Å². The fourth-order valence-corrected chi connectivity index (χ4v) is 19.0. The van der Waals surface area contributed by atoms with Crippen LogP contribution in [0.15, 0.2) is 0 Å². The summed E-state index contributed by atoms with van der Waals surface area (Å²) < 4.78 is 0. The van der Waals surface area contributed by atoms with E-state index in [4.69, 9.17) is 5.11 Å². The lowest BCUT2D eigenvalue weighted by atomic mass is 10.6. The highest BCUT2D eigenvalue weighted by atomic mass is 28.4. The summed E-state index contributed by atoms with van der Waals surface area (Å²) in [6.07, 6.45) is 0. The molecule has 0 amide bonds. The summed E-state index contributed by atoms with van der Waals surface area (Å²) in [5.74, 6) is 6.62. The topological polar surface area (TPSA) is 20.2 Å². The molecule has 0 fully saturated rings. The quantitative estimate of drug-likeness (QED) is 0.499. The minimum atomic E-state index is -1.31. The van der Waals surface area contributed by atoms with Crippen LogP contribution in [0, 0.1) is 11.8 Å². The molecule has 0 saturated heterocycles. The Bertz CT molecular complexity index is 259. The standard InChI is InChI=1S/C16H34OSi2/c1-7-18(8-2,9-3)16(14-13-15-17)19(10-4,11-5)12-6/h16-17H,7-12,15H2,1-6H3. The van der Waals surface area contributed by atoms with Crippen LogP contribution >= 0.6 is 0 Å². The third-order valence-corrected chi connectivity index (χ3v) is 20.6. The maximum Gasteiger partial charge on any atom is 0.104 e. The van der Waals surface area contributed by atoms with Crippen molar-refractivity contribution < 1.29 is 5.11 Å². The zero-order chi connectivity index (χ0) is 14.9. The molecule has 0 spiro atoms. The van der Waals surface area contributed by atoms with Gasteiger partial charge in [0.05, 0.1) is 16.1 Å². The van der Waals surface area contributed by atoms with E-state index in [1.165, 1.54) is 36.3 Å². The SMILES string of the molecule is CC[Si](CC)(CC)C(C#CCO)[Si](CC)(CC)CC. The Kier molecular flexibility index (Phi) is 8.97. The van der Waals surface area contributed by atoms with Gasteiger partial charge in [-0.15, -0.1) is 5.92 Å². The zero-order valence-electron chi connectivity index (χ0n) is 14.0. The van der Waals surface area contributed by atoms with Gasteiger partial charge in [0, 0.05) is 5.16 Å². The summed E-state index contributed by atoms with van der Waals surface area (Å²) in [5, 5.41) is 9.81. The first-order valence-electron chi connectivity index (χ1n) is 8.15. The van der Waals surface area contributed by atoms with E-state index in [0.717, 1.165) is 0 Å². The van der Waals surface area contributed by atoms with E-state index in [2.05, 4.69) is 53.4 Å². The van der Waals surface area contributed by atoms with Crippen LogP contribution in [-0.2, 0) is 0 Å². The van der Waals surface area contributed by atoms with Crippen molar-refractivity contribution in [2.24, 2.45) is 0 Å². The molecule has 0 aliphatic heterocycles. The van der Waals surface area contributed by atoms with Crippen LogP contribution in [0.4, 0.5) is 0 Å². The van der Waals surface area contributed by atoms with Gasteiger partial charge in [-0.3, -0.25) is 0 Å². The summed E-state index contributed by atoms with van der Waals surface area (Å²) in [6, 6.07) is 8.08. The molecule has 0 heterocycles. The van der Waals surface area contributed by atoms with Gasteiger partial charge >= 0.3 is 0 Å². The summed E-state index contributed by atoms with van der Waals surface area (Å²) in [7, 11) is -2.61. The third-order valence-electron chi connectivity index (χ3n) is 5.77. The van der Waals surface area contributed by atoms with Gasteiger partial charge in [0.1, 0.15) is 6.61 Å². The molecule has 1 N–H and O–H groups in total. The molecule has 19 heavy (non-hydrogen) atoms. The third kappa shape index (κ3) is 3.96. The van der Waals surface area contributed by atoms with Gasteiger partial charge in [0.15, 0.2) is 0 Å². The number of aliphatic hydroxyl groups excluding tert-OH is 1. The van der Waals surface area contributed by atoms with Crippen molar-refractivity contribution in [1.82, 2.24) is 0 Å². The van der Waals surface area contributed by atoms with Crippen molar-refractivity contribution in [2.75, 3.05) is 6.61 Å². The maximum atomic E-state index is 9.14. The highest BCUT2D eigenvalue weighted by molar-refractivity contribution is 7.00. The van der Waals surface area contributed by atoms with Gasteiger partial charge in [0.25, 0.3) is 0 Å². The van der Waals surface area contributed by atoms with Gasteiger partial charge in [0.2, 0.25) is 0 Å². The molecule has 0 bridgehead atoms. The van der Waals surface area contributed by atoms with E-state index >= 15 is 0 Å². The van der Waals surface area contributed by atoms with E-state index in [-0.39, 0.29) is 6.61 Å². The van der Waals surface area contributed by atoms with Crippen molar-refractivity contribution in [1.29, 1.82) is 0 Å². The van der Waals surface area contributed by atoms with Gasteiger partial charge in [-0.05, 0) is 0 Å². The summed E-state index contributed by atoms with van der Waals surface area (Å²) in [4.78, 5) is 0. The van der Waals surface area contributed by atoms with E-state index in [9.17, 15) is 0 Å². The van der Waals surface area contributed by atoms with E-state index < -0.39 is 16.1 Å². The molecule has 0 unspecified atom stereocenters. The molecular weight excluding hydrogens is 264 g/mol. The monoisotopic (exact) mass is 298 g/mol. The normalized spacial score (nSPS) is 12.4. The molecular formula is C16H34OSi2. The van der Waals surface area contributed by atoms with Crippen LogP contribution in [0.1, 0.15) is 41.5 Å². The predicted octanol–water partition coefficient (Wildman–Crippen LogP) is 4.91. The molecule has 0 radical (unpaired) electrons. The molecule has 0 atom stereocenters. The lowest BCUT2D eigenvalue weighted by molar-refractivity contribution is 0.350. The van der Waals surface area contributed by atoms with Gasteiger partial charge < -0.3 is 5.11 Å². The number of aliphatic hydroxyl groups is 1. The molecule has 1 nitrogen and oxygen atoms in total. The Morgan fingerprint density at radius 1 is 0.737 bits per heavy atom. The first-order valence-corrected chi connectivity index (χ1v) is 13.5. The van der Waals surface area contributed by atoms with Crippen LogP contribution in [0.3, 0.4) is 0 Å². The van der Waals surface area contributed by atoms with Gasteiger partial charge in [-0.25, -0.2) is 0 Å². The van der Waals surface area contributed by atoms with E-state index in [0.29, 0.717) is 5.16 Å². The first-order chi connectivity index (χ1) is 9.06. The molecule has 0 aromatic rings. The average Bonchev–Trinajstić information content (AvgIpc) is 2.48. The number of rotatable bonds is 8. The van der Waals surface area contributed by atoms with E-state index in [1.54, 1.807) is 0 Å². The van der Waals surface area contributed by atoms with Crippen LogP contribution in [0.2, 0.25) is 41.4 Å². The minimum Gasteiger partial charge on any atom is -0.384 e. The predicted molar refractivity (Wildman–Crippen MR) is 93.0 cm³/mol. The second-order valence-electron chi connectivity index (χ2n) is 5.76. The lowest BCUT2D eigenvalue weighted by Crippen LogP contribution is -2.52. The molecule has 0 aliphatic rings. The summed E-state index contributed by atoms with van der Waals surface area (Å²) in [5.41, 5.74) is 0. The smallest absolute Gasteiger partial charge is 0.104 e. The molecule has 112 valence electrons. The van der Waals surface area contributed by atoms with Gasteiger partial charge in [-0.2, -0.15) is 0 Å². The largest absolute Gasteiger partial charge is 0.384 e. The van der Waals surface area contributed by atoms with Crippen molar-refractivity contribution in [3.63, 3.8) is 0 Å². The zero-order valence-corrected chi connectivity index (χ0v) is 16.0. The Hall–Kier alpha value is -0.0462. The van der Waals surface area contributed by atoms with Gasteiger partial charge in [-0.1, -0.05) is 83.7 Å². The fourth-order valence-electron chi connectivity index (χ4n) is 3.83. The highest BCUT2D eigenvalue weighted by Gasteiger charge is 2.47. The number of hydrogen-bond donors (Lipinski definition) is 1. The van der Waals surface area contributed by atoms with Crippen molar-refractivity contribution in [3.8, 4) is 11.8 Å². The van der Waals surface area contributed by atoms with Crippen molar-refractivity contribution in [3.05, 3.63) is 0 Å². The van der Waals surface area contributed by atoms with Crippen LogP contribution in [0.5, 0.6) is 0 Å². The lowest BCUT2D eigenvalue weighted by Gasteiger charge is -2.45. The molecule has 0 aromatic heterocycles. The molecule has 0 aromatic carbocycles. The Balaban J connectivity index is 5.77. The summed E-state index contributed by atoms with van der Waals surface area (Å²) >= 11 is 0. The molecule has 0 saturated carbocycles. The minimum absolute atomic E-state index is 0.0275. The van der Waals surface area contributed by atoms with E-state index in [1.807, 2.05) is 0 Å². The second kappa shape index (κ2) is 8.99. The first kappa shape index (κ1) is 19.0. The Morgan fingerprint density at radius 2 is 1.05 bits per heavy atom. The second-order valence-corrected chi connectivity index (χ2v) is 17.2. The highest BCUT2D eigenvalue weighted by Crippen LogP contribution is 2.44. The average molecular weight is 299 g/mol. The number of hydrogen-bond acceptors (Lipinski definition) is 1. The molecule has 0 rings (SSSR count). The Morgan fingerprint density at radius 3 is 1.26 bits per heavy atom. The fraction of sp³-hybridized carbons (Fsp3) is 0.875. The molecule has 3 heteroatoms. The summed E-state index contributed by atoms with van der Waals surface area (Å²) in [6.45, 7) is 14.3. The maximum absolute atomic E-state index is 9.14. The molecule has 0 aliphatic carbocycles. The van der Waals surface area contributed by atoms with Crippen molar-refractivity contribution >= 4 is 16.1 Å². The van der Waals surface area contributed by atoms with Crippen LogP contribution < -0.4 is 0 Å². The van der Waals surface area contributed by atoms with Crippen molar-refractivity contribution in [2.45, 2.75) is 83.0 Å². The Labute approximate surface area is 123 Å². The van der Waals surface area contributed by atoms with Crippen LogP contribution in [-0.4, -0.2) is 27.9 Å².